The van der Waals surface area contributed by atoms with Crippen LogP contribution in [-0.2, 0) is 14.2 Å². The molecule has 0 amide bonds. The van der Waals surface area contributed by atoms with Crippen LogP contribution in [0, 0.1) is 6.92 Å². The zero-order valence-electron chi connectivity index (χ0n) is 13.3. The summed E-state index contributed by atoms with van der Waals surface area (Å²) in [7, 11) is 0. The molecule has 4 heterocycles. The van der Waals surface area contributed by atoms with Gasteiger partial charge in [0.1, 0.15) is 36.4 Å². The molecule has 2 fully saturated rings. The molecule has 2 aliphatic heterocycles. The van der Waals surface area contributed by atoms with Gasteiger partial charge in [0.25, 0.3) is 0 Å². The summed E-state index contributed by atoms with van der Waals surface area (Å²) in [6.07, 6.45) is 0.0977. The molecule has 2 aromatic heterocycles. The molecular weight excluding hydrogens is 302 g/mol. The third-order valence-corrected chi connectivity index (χ3v) is 3.82. The van der Waals surface area contributed by atoms with Crippen LogP contribution < -0.4 is 5.73 Å². The maximum absolute atomic E-state index is 9.40. The molecule has 4 atom stereocenters. The summed E-state index contributed by atoms with van der Waals surface area (Å²) in [6, 6.07) is 0. The highest BCUT2D eigenvalue weighted by atomic mass is 16.7. The minimum Gasteiger partial charge on any atom is -0.394 e. The Morgan fingerprint density at radius 1 is 1.30 bits per heavy atom. The number of nitrogens with zero attached hydrogens (tertiary/aromatic N) is 4. The average Bonchev–Trinajstić information content (AvgIpc) is 3.23. The van der Waals surface area contributed by atoms with Crippen molar-refractivity contribution >= 4 is 17.0 Å². The normalized spacial score (nSPS) is 29.4. The molecule has 0 aromatic carbocycles. The van der Waals surface area contributed by atoms with E-state index in [1.165, 1.54) is 0 Å². The predicted molar refractivity (Wildman–Crippen MR) is 81.4 cm³/mol. The Morgan fingerprint density at radius 2 is 2.04 bits per heavy atom. The predicted octanol–water partition coefficient (Wildman–Crippen LogP) is 0.374. The number of ether oxygens (including phenoxy) is 3. The molecule has 9 nitrogen and oxygen atoms in total. The smallest absolute Gasteiger partial charge is 0.167 e. The van der Waals surface area contributed by atoms with Crippen molar-refractivity contribution in [1.82, 2.24) is 19.5 Å². The largest absolute Gasteiger partial charge is 0.394 e. The van der Waals surface area contributed by atoms with Crippen molar-refractivity contribution in [1.29, 1.82) is 0 Å². The molecule has 9 heteroatoms. The van der Waals surface area contributed by atoms with E-state index in [-0.39, 0.29) is 25.6 Å². The highest BCUT2D eigenvalue weighted by molar-refractivity contribution is 5.81. The van der Waals surface area contributed by atoms with Crippen LogP contribution in [-0.4, -0.2) is 56.3 Å². The van der Waals surface area contributed by atoms with Gasteiger partial charge in [0.05, 0.1) is 12.9 Å². The Bertz CT molecular complexity index is 691. The van der Waals surface area contributed by atoms with E-state index in [1.54, 1.807) is 17.8 Å². The summed E-state index contributed by atoms with van der Waals surface area (Å²) in [4.78, 5) is 12.7. The number of hydrogen-bond acceptors (Lipinski definition) is 8. The average molecular weight is 323 g/mol. The van der Waals surface area contributed by atoms with Gasteiger partial charge in [-0.1, -0.05) is 13.8 Å². The van der Waals surface area contributed by atoms with Crippen molar-refractivity contribution in [3.8, 4) is 0 Å². The summed E-state index contributed by atoms with van der Waals surface area (Å²) in [5, 5.41) is 9.40. The zero-order chi connectivity index (χ0) is 16.6. The third kappa shape index (κ3) is 2.55. The van der Waals surface area contributed by atoms with Crippen LogP contribution in [0.25, 0.3) is 11.2 Å². The summed E-state index contributed by atoms with van der Waals surface area (Å²) in [5.74, 6) is 0.881. The highest BCUT2D eigenvalue weighted by Crippen LogP contribution is 2.38. The van der Waals surface area contributed by atoms with Crippen LogP contribution in [0.1, 0.15) is 25.9 Å². The molecule has 3 N–H and O–H groups in total. The van der Waals surface area contributed by atoms with E-state index >= 15 is 0 Å². The van der Waals surface area contributed by atoms with E-state index in [4.69, 9.17) is 19.9 Å². The fourth-order valence-corrected chi connectivity index (χ4v) is 2.89. The van der Waals surface area contributed by atoms with Crippen LogP contribution in [0.2, 0.25) is 0 Å². The Morgan fingerprint density at radius 3 is 2.78 bits per heavy atom. The minimum atomic E-state index is -0.464. The number of anilines is 1. The van der Waals surface area contributed by atoms with E-state index in [0.29, 0.717) is 22.8 Å². The second kappa shape index (κ2) is 6.36. The second-order valence-corrected chi connectivity index (χ2v) is 5.11. The van der Waals surface area contributed by atoms with E-state index in [1.807, 2.05) is 13.8 Å². The highest BCUT2D eigenvalue weighted by Gasteiger charge is 2.50. The Kier molecular flexibility index (Phi) is 4.44. The van der Waals surface area contributed by atoms with Gasteiger partial charge in [0.2, 0.25) is 0 Å². The molecule has 2 aliphatic rings. The molecule has 4 rings (SSSR count). The van der Waals surface area contributed by atoms with Crippen LogP contribution >= 0.6 is 0 Å². The lowest BCUT2D eigenvalue weighted by atomic mass is 10.1. The Labute approximate surface area is 133 Å². The maximum Gasteiger partial charge on any atom is 0.167 e. The van der Waals surface area contributed by atoms with Gasteiger partial charge in [-0.05, 0) is 6.92 Å². The van der Waals surface area contributed by atoms with Gasteiger partial charge < -0.3 is 25.1 Å². The van der Waals surface area contributed by atoms with Crippen molar-refractivity contribution in [2.45, 2.75) is 45.3 Å². The molecule has 2 unspecified atom stereocenters. The number of fused-ring (bicyclic) bond motifs is 2. The van der Waals surface area contributed by atoms with E-state index < -0.39 is 12.3 Å². The van der Waals surface area contributed by atoms with Gasteiger partial charge in [-0.25, -0.2) is 15.0 Å². The molecule has 23 heavy (non-hydrogen) atoms. The third-order valence-electron chi connectivity index (χ3n) is 3.82. The van der Waals surface area contributed by atoms with Crippen LogP contribution in [0.3, 0.4) is 0 Å². The number of aryl methyl sites for hydroxylation is 1. The SMILES string of the molecule is CC.Cc1nc(N)c2ncn(C3OC(CO)[C@H]4OCO[C@@H]34)c2n1. The number of nitrogen functional groups attached to an aromatic ring is 1. The first-order valence-corrected chi connectivity index (χ1v) is 7.65. The number of hydrogen-bond donors (Lipinski definition) is 2. The number of imidazole rings is 1. The standard InChI is InChI=1S/C12H15N5O4.C2H6/c1-5-15-10(13)7-11(16-5)17(3-14-7)12-9-8(19-4-20-9)6(2-18)21-12;1-2/h3,6,8-9,12,18H,2,4H2,1H3,(H2,13,15,16);1-2H3/t6?,8-,9-,12?;/m1./s1. The van der Waals surface area contributed by atoms with E-state index in [9.17, 15) is 5.11 Å². The first-order chi connectivity index (χ1) is 11.2. The van der Waals surface area contributed by atoms with Gasteiger partial charge >= 0.3 is 0 Å². The molecule has 0 saturated carbocycles. The van der Waals surface area contributed by atoms with Crippen molar-refractivity contribution in [2.75, 3.05) is 19.1 Å². The van der Waals surface area contributed by atoms with Gasteiger partial charge in [0.15, 0.2) is 17.7 Å². The summed E-state index contributed by atoms with van der Waals surface area (Å²) >= 11 is 0. The number of aliphatic hydroxyl groups is 1. The monoisotopic (exact) mass is 323 g/mol. The van der Waals surface area contributed by atoms with Crippen LogP contribution in [0.15, 0.2) is 6.33 Å². The van der Waals surface area contributed by atoms with Crippen LogP contribution in [0.5, 0.6) is 0 Å². The lowest BCUT2D eigenvalue weighted by Crippen LogP contribution is -2.30. The first kappa shape index (κ1) is 16.1. The molecule has 2 aromatic rings. The number of nitrogens with two attached hydrogens (primary N) is 1. The lowest BCUT2D eigenvalue weighted by molar-refractivity contribution is -0.108. The number of aliphatic hydroxyl groups excluding tert-OH is 1. The maximum atomic E-state index is 9.40. The van der Waals surface area contributed by atoms with Gasteiger partial charge in [-0.2, -0.15) is 0 Å². The topological polar surface area (TPSA) is 118 Å². The van der Waals surface area contributed by atoms with E-state index in [0.717, 1.165) is 0 Å². The Hall–Kier alpha value is -1.81. The van der Waals surface area contributed by atoms with E-state index in [2.05, 4.69) is 15.0 Å². The number of rotatable bonds is 2. The van der Waals surface area contributed by atoms with Gasteiger partial charge in [-0.3, -0.25) is 4.57 Å². The molecule has 0 aliphatic carbocycles. The molecule has 126 valence electrons. The molecular formula is C14H21N5O4. The summed E-state index contributed by atoms with van der Waals surface area (Å²) in [6.45, 7) is 5.81. The van der Waals surface area contributed by atoms with Crippen molar-refractivity contribution < 1.29 is 19.3 Å². The fourth-order valence-electron chi connectivity index (χ4n) is 2.89. The molecule has 0 spiro atoms. The number of aromatic nitrogens is 4. The Balaban J connectivity index is 0.000000753. The fraction of sp³-hybridized carbons (Fsp3) is 0.643. The minimum absolute atomic E-state index is 0.135. The van der Waals surface area contributed by atoms with Gasteiger partial charge in [0, 0.05) is 0 Å². The molecule has 0 radical (unpaired) electrons. The van der Waals surface area contributed by atoms with Crippen LogP contribution in [0.4, 0.5) is 5.82 Å². The zero-order valence-corrected chi connectivity index (χ0v) is 13.3. The summed E-state index contributed by atoms with van der Waals surface area (Å²) in [5.41, 5.74) is 6.97. The lowest BCUT2D eigenvalue weighted by Gasteiger charge is -2.17. The van der Waals surface area contributed by atoms with Gasteiger partial charge in [-0.15, -0.1) is 0 Å². The second-order valence-electron chi connectivity index (χ2n) is 5.11. The molecule has 0 bridgehead atoms. The van der Waals surface area contributed by atoms with Crippen molar-refractivity contribution in [2.24, 2.45) is 0 Å². The summed E-state index contributed by atoms with van der Waals surface area (Å²) < 4.78 is 18.6. The quantitative estimate of drug-likeness (QED) is 0.814. The van der Waals surface area contributed by atoms with Crippen molar-refractivity contribution in [3.63, 3.8) is 0 Å². The molecule has 2 saturated heterocycles. The first-order valence-electron chi connectivity index (χ1n) is 7.65. The van der Waals surface area contributed by atoms with Crippen molar-refractivity contribution in [3.05, 3.63) is 12.2 Å².